The Morgan fingerprint density at radius 2 is 1.83 bits per heavy atom. The molecule has 0 fully saturated rings. The van der Waals surface area contributed by atoms with E-state index in [1.807, 2.05) is 0 Å². The van der Waals surface area contributed by atoms with Crippen molar-refractivity contribution in [3.63, 3.8) is 0 Å². The fourth-order valence-corrected chi connectivity index (χ4v) is 1.15. The molecule has 1 N–H and O–H groups in total. The summed E-state index contributed by atoms with van der Waals surface area (Å²) in [6, 6.07) is 0. The lowest BCUT2D eigenvalue weighted by Crippen LogP contribution is -2.49. The molecule has 0 rings (SSSR count). The number of hydrogen-bond acceptors (Lipinski definition) is 2. The normalized spacial score (nSPS) is 11.2. The smallest absolute Gasteiger partial charge is 0.133 e. The first-order valence-corrected chi connectivity index (χ1v) is 3.99. The van der Waals surface area contributed by atoms with E-state index in [1.54, 1.807) is 19.3 Å². The summed E-state index contributed by atoms with van der Waals surface area (Å²) in [6.45, 7) is 9.33. The van der Waals surface area contributed by atoms with Gasteiger partial charge in [-0.15, -0.1) is 0 Å². The highest BCUT2D eigenvalue weighted by Gasteiger charge is 2.24. The zero-order valence-electron chi connectivity index (χ0n) is 7.70. The highest BCUT2D eigenvalue weighted by Crippen LogP contribution is 2.06. The first-order chi connectivity index (χ1) is 5.74. The minimum Gasteiger partial charge on any atom is -0.390 e. The number of hydroxylamine groups is 3. The van der Waals surface area contributed by atoms with Gasteiger partial charge in [-0.05, 0) is 12.2 Å². The highest BCUT2D eigenvalue weighted by atomic mass is 16.7. The maximum absolute atomic E-state index is 8.82. The van der Waals surface area contributed by atoms with Gasteiger partial charge in [0.15, 0.2) is 0 Å². The molecule has 3 nitrogen and oxygen atoms in total. The third-order valence-electron chi connectivity index (χ3n) is 1.82. The van der Waals surface area contributed by atoms with E-state index in [4.69, 9.17) is 9.94 Å². The molecule has 0 saturated carbocycles. The van der Waals surface area contributed by atoms with Crippen molar-refractivity contribution in [1.82, 2.24) is 0 Å². The van der Waals surface area contributed by atoms with Crippen molar-refractivity contribution < 1.29 is 14.6 Å². The van der Waals surface area contributed by atoms with Crippen molar-refractivity contribution in [2.75, 3.05) is 33.4 Å². The molecule has 0 aliphatic carbocycles. The minimum absolute atomic E-state index is 0.107. The lowest BCUT2D eigenvalue weighted by Gasteiger charge is -2.31. The van der Waals surface area contributed by atoms with Crippen LogP contribution in [0.25, 0.3) is 0 Å². The fraction of sp³-hybridized carbons (Fsp3) is 0.556. The lowest BCUT2D eigenvalue weighted by molar-refractivity contribution is -1.09. The van der Waals surface area contributed by atoms with Gasteiger partial charge < -0.3 is 5.11 Å². The zero-order valence-corrected chi connectivity index (χ0v) is 7.70. The largest absolute Gasteiger partial charge is 0.390 e. The van der Waals surface area contributed by atoms with Crippen LogP contribution in [-0.4, -0.2) is 43.1 Å². The topological polar surface area (TPSA) is 29.5 Å². The van der Waals surface area contributed by atoms with Crippen LogP contribution in [0.15, 0.2) is 25.3 Å². The summed E-state index contributed by atoms with van der Waals surface area (Å²) in [5, 5.41) is 8.82. The number of quaternary nitrogens is 1. The Kier molecular flexibility index (Phi) is 5.62. The predicted molar refractivity (Wildman–Crippen MR) is 49.4 cm³/mol. The van der Waals surface area contributed by atoms with Crippen molar-refractivity contribution in [2.45, 2.75) is 0 Å². The second-order valence-electron chi connectivity index (χ2n) is 2.63. The molecule has 12 heavy (non-hydrogen) atoms. The van der Waals surface area contributed by atoms with E-state index in [1.165, 1.54) is 0 Å². The summed E-state index contributed by atoms with van der Waals surface area (Å²) in [6.07, 6.45) is 3.56. The minimum atomic E-state index is 0.107. The van der Waals surface area contributed by atoms with Crippen molar-refractivity contribution in [1.29, 1.82) is 0 Å². The Morgan fingerprint density at radius 3 is 2.08 bits per heavy atom. The molecule has 0 amide bonds. The highest BCUT2D eigenvalue weighted by molar-refractivity contribution is 4.69. The number of hydrogen-bond donors (Lipinski definition) is 1. The van der Waals surface area contributed by atoms with Crippen LogP contribution in [0, 0.1) is 0 Å². The first kappa shape index (κ1) is 11.4. The van der Waals surface area contributed by atoms with Gasteiger partial charge in [-0.2, -0.15) is 4.65 Å². The maximum Gasteiger partial charge on any atom is 0.133 e. The monoisotopic (exact) mass is 172 g/mol. The van der Waals surface area contributed by atoms with Gasteiger partial charge in [-0.1, -0.05) is 13.2 Å². The third kappa shape index (κ3) is 3.17. The number of rotatable bonds is 7. The van der Waals surface area contributed by atoms with Gasteiger partial charge in [0, 0.05) is 0 Å². The number of aliphatic hydroxyl groups is 1. The average Bonchev–Trinajstić information content (AvgIpc) is 2.06. The molecule has 0 aliphatic rings. The summed E-state index contributed by atoms with van der Waals surface area (Å²) < 4.78 is 0.365. The molecule has 0 atom stereocenters. The predicted octanol–water partition coefficient (Wildman–Crippen LogP) is 0.729. The molecule has 3 heteroatoms. The van der Waals surface area contributed by atoms with Gasteiger partial charge in [-0.25, -0.2) is 4.84 Å². The molecule has 0 unspecified atom stereocenters. The summed E-state index contributed by atoms with van der Waals surface area (Å²) in [7, 11) is 1.63. The first-order valence-electron chi connectivity index (χ1n) is 3.99. The van der Waals surface area contributed by atoms with Gasteiger partial charge in [0.1, 0.15) is 19.6 Å². The van der Waals surface area contributed by atoms with Crippen LogP contribution in [0.3, 0.4) is 0 Å². The van der Waals surface area contributed by atoms with E-state index in [2.05, 4.69) is 13.2 Å². The zero-order chi connectivity index (χ0) is 9.45. The SMILES string of the molecule is C=CC[N+](CC=C)(CCO)OC. The molecule has 0 spiro atoms. The van der Waals surface area contributed by atoms with Crippen LogP contribution >= 0.6 is 0 Å². The second kappa shape index (κ2) is 5.94. The summed E-state index contributed by atoms with van der Waals surface area (Å²) >= 11 is 0. The van der Waals surface area contributed by atoms with Crippen molar-refractivity contribution in [3.05, 3.63) is 25.3 Å². The van der Waals surface area contributed by atoms with E-state index >= 15 is 0 Å². The molecule has 0 saturated heterocycles. The lowest BCUT2D eigenvalue weighted by atomic mass is 10.4. The van der Waals surface area contributed by atoms with Crippen LogP contribution in [-0.2, 0) is 4.84 Å². The molecule has 0 heterocycles. The molecule has 0 bridgehead atoms. The van der Waals surface area contributed by atoms with Crippen LogP contribution in [0.5, 0.6) is 0 Å². The van der Waals surface area contributed by atoms with Crippen LogP contribution in [0.2, 0.25) is 0 Å². The van der Waals surface area contributed by atoms with Crippen LogP contribution < -0.4 is 0 Å². The summed E-state index contributed by atoms with van der Waals surface area (Å²) in [4.78, 5) is 5.29. The quantitative estimate of drug-likeness (QED) is 0.348. The molecule has 0 aromatic heterocycles. The fourth-order valence-electron chi connectivity index (χ4n) is 1.15. The van der Waals surface area contributed by atoms with Gasteiger partial charge in [0.2, 0.25) is 0 Å². The van der Waals surface area contributed by atoms with Gasteiger partial charge in [0.25, 0.3) is 0 Å². The van der Waals surface area contributed by atoms with Gasteiger partial charge >= 0.3 is 0 Å². The molecule has 0 radical (unpaired) electrons. The molecule has 0 aromatic carbocycles. The molecular formula is C9H18NO2+. The Bertz CT molecular complexity index is 135. The van der Waals surface area contributed by atoms with Crippen molar-refractivity contribution >= 4 is 0 Å². The Hall–Kier alpha value is -0.640. The molecule has 70 valence electrons. The molecular weight excluding hydrogens is 154 g/mol. The average molecular weight is 172 g/mol. The number of nitrogens with zero attached hydrogens (tertiary/aromatic N) is 1. The maximum atomic E-state index is 8.82. The Balaban J connectivity index is 4.25. The van der Waals surface area contributed by atoms with Crippen LogP contribution in [0.4, 0.5) is 0 Å². The van der Waals surface area contributed by atoms with Gasteiger partial charge in [-0.3, -0.25) is 0 Å². The van der Waals surface area contributed by atoms with Crippen LogP contribution in [0.1, 0.15) is 0 Å². The summed E-state index contributed by atoms with van der Waals surface area (Å²) in [5.74, 6) is 0. The second-order valence-corrected chi connectivity index (χ2v) is 2.63. The van der Waals surface area contributed by atoms with E-state index in [0.717, 1.165) is 0 Å². The van der Waals surface area contributed by atoms with Crippen molar-refractivity contribution in [2.24, 2.45) is 0 Å². The van der Waals surface area contributed by atoms with E-state index < -0.39 is 0 Å². The molecule has 0 aromatic rings. The van der Waals surface area contributed by atoms with E-state index in [-0.39, 0.29) is 6.61 Å². The third-order valence-corrected chi connectivity index (χ3v) is 1.82. The van der Waals surface area contributed by atoms with E-state index in [0.29, 0.717) is 24.3 Å². The summed E-state index contributed by atoms with van der Waals surface area (Å²) in [5.41, 5.74) is 0. The molecule has 0 aliphatic heterocycles. The van der Waals surface area contributed by atoms with Crippen molar-refractivity contribution in [3.8, 4) is 0 Å². The number of aliphatic hydroxyl groups excluding tert-OH is 1. The Morgan fingerprint density at radius 1 is 1.33 bits per heavy atom. The Labute approximate surface area is 74.1 Å². The standard InChI is InChI=1S/C9H18NO2/c1-4-6-10(12-3,7-5-2)8-9-11/h4-5,11H,1-2,6-9H2,3H3/q+1. The van der Waals surface area contributed by atoms with E-state index in [9.17, 15) is 0 Å². The van der Waals surface area contributed by atoms with Gasteiger partial charge in [0.05, 0.1) is 13.7 Å².